The summed E-state index contributed by atoms with van der Waals surface area (Å²) in [6.07, 6.45) is 2.50. The highest BCUT2D eigenvalue weighted by molar-refractivity contribution is 14.1. The normalized spacial score (nSPS) is 12.9. The van der Waals surface area contributed by atoms with Crippen molar-refractivity contribution in [3.05, 3.63) is 33.7 Å². The van der Waals surface area contributed by atoms with Gasteiger partial charge in [-0.25, -0.2) is 4.98 Å². The summed E-state index contributed by atoms with van der Waals surface area (Å²) in [6.45, 7) is 8.89. The first-order valence-corrected chi connectivity index (χ1v) is 10.8. The highest BCUT2D eigenvalue weighted by atomic mass is 127. The predicted octanol–water partition coefficient (Wildman–Crippen LogP) is 3.61. The Hall–Kier alpha value is -2.14. The van der Waals surface area contributed by atoms with E-state index in [1.165, 1.54) is 0 Å². The van der Waals surface area contributed by atoms with E-state index in [0.29, 0.717) is 23.8 Å². The quantitative estimate of drug-likeness (QED) is 0.271. The van der Waals surface area contributed by atoms with E-state index >= 15 is 0 Å². The number of nitrogen functional groups attached to an aromatic ring is 1. The lowest BCUT2D eigenvalue weighted by molar-refractivity contribution is 0.0577. The van der Waals surface area contributed by atoms with Gasteiger partial charge in [-0.05, 0) is 73.5 Å². The van der Waals surface area contributed by atoms with E-state index in [2.05, 4.69) is 48.2 Å². The minimum absolute atomic E-state index is 0.183. The second-order valence-electron chi connectivity index (χ2n) is 7.55. The van der Waals surface area contributed by atoms with Crippen LogP contribution in [0.1, 0.15) is 39.7 Å². The number of hydrogen-bond donors (Lipinski definition) is 4. The van der Waals surface area contributed by atoms with Crippen LogP contribution in [0, 0.1) is 3.57 Å². The standard InChI is InChI=1S/C20H28IN7O/c1-5-15(20(3,4)29)25-19-26-17(16-18(27-19)28(6-2)11-24-16)23-10-12-9-13(21)7-8-14(12)22/h7-9,11,15,29H,5-6,10,22H2,1-4H3,(H2,23,25,26,27). The summed E-state index contributed by atoms with van der Waals surface area (Å²) >= 11 is 2.27. The van der Waals surface area contributed by atoms with Gasteiger partial charge < -0.3 is 26.0 Å². The van der Waals surface area contributed by atoms with Crippen LogP contribution in [0.5, 0.6) is 0 Å². The SMILES string of the molecule is CCC(Nc1nc(NCc2cc(I)ccc2N)c2ncn(CC)c2n1)C(C)(C)O. The van der Waals surface area contributed by atoms with Crippen molar-refractivity contribution < 1.29 is 5.11 Å². The monoisotopic (exact) mass is 509 g/mol. The molecule has 0 bridgehead atoms. The van der Waals surface area contributed by atoms with Crippen molar-refractivity contribution in [2.24, 2.45) is 0 Å². The number of aryl methyl sites for hydroxylation is 1. The molecule has 0 aliphatic carbocycles. The fourth-order valence-electron chi connectivity index (χ4n) is 3.20. The van der Waals surface area contributed by atoms with Crippen LogP contribution in [-0.2, 0) is 13.1 Å². The van der Waals surface area contributed by atoms with Gasteiger partial charge in [-0.1, -0.05) is 6.92 Å². The van der Waals surface area contributed by atoms with Gasteiger partial charge in [-0.2, -0.15) is 9.97 Å². The molecule has 1 unspecified atom stereocenters. The number of aliphatic hydroxyl groups is 1. The molecular formula is C20H28IN7O. The van der Waals surface area contributed by atoms with E-state index in [-0.39, 0.29) is 6.04 Å². The molecule has 3 aromatic rings. The molecule has 0 fully saturated rings. The lowest BCUT2D eigenvalue weighted by Crippen LogP contribution is -2.41. The van der Waals surface area contributed by atoms with Gasteiger partial charge >= 0.3 is 0 Å². The van der Waals surface area contributed by atoms with Crippen LogP contribution in [-0.4, -0.2) is 36.3 Å². The molecule has 29 heavy (non-hydrogen) atoms. The number of benzene rings is 1. The molecule has 1 atom stereocenters. The van der Waals surface area contributed by atoms with E-state index < -0.39 is 5.60 Å². The summed E-state index contributed by atoms with van der Waals surface area (Å²) in [7, 11) is 0. The Morgan fingerprint density at radius 3 is 2.69 bits per heavy atom. The van der Waals surface area contributed by atoms with Crippen molar-refractivity contribution in [2.45, 2.75) is 58.8 Å². The number of nitrogens with two attached hydrogens (primary N) is 1. The highest BCUT2D eigenvalue weighted by Gasteiger charge is 2.26. The van der Waals surface area contributed by atoms with Gasteiger partial charge in [0.25, 0.3) is 0 Å². The molecule has 0 radical (unpaired) electrons. The molecule has 0 amide bonds. The fraction of sp³-hybridized carbons (Fsp3) is 0.450. The summed E-state index contributed by atoms with van der Waals surface area (Å²) in [5.74, 6) is 1.09. The Labute approximate surface area is 184 Å². The average molecular weight is 509 g/mol. The third-order valence-corrected chi connectivity index (χ3v) is 5.59. The van der Waals surface area contributed by atoms with Crippen LogP contribution in [0.4, 0.5) is 17.5 Å². The van der Waals surface area contributed by atoms with Crippen LogP contribution in [0.25, 0.3) is 11.2 Å². The average Bonchev–Trinajstić information content (AvgIpc) is 3.08. The molecule has 2 heterocycles. The maximum atomic E-state index is 10.4. The number of nitrogens with one attached hydrogen (secondary N) is 2. The van der Waals surface area contributed by atoms with E-state index in [1.807, 2.05) is 36.6 Å². The van der Waals surface area contributed by atoms with Crippen LogP contribution in [0.2, 0.25) is 0 Å². The minimum Gasteiger partial charge on any atom is -0.398 e. The molecule has 0 saturated carbocycles. The number of imidazole rings is 1. The Morgan fingerprint density at radius 1 is 1.28 bits per heavy atom. The van der Waals surface area contributed by atoms with Crippen molar-refractivity contribution >= 4 is 51.2 Å². The van der Waals surface area contributed by atoms with Crippen LogP contribution >= 0.6 is 22.6 Å². The Kier molecular flexibility index (Phi) is 6.47. The number of aromatic nitrogens is 4. The zero-order chi connectivity index (χ0) is 21.2. The van der Waals surface area contributed by atoms with Crippen molar-refractivity contribution in [2.75, 3.05) is 16.4 Å². The third-order valence-electron chi connectivity index (χ3n) is 4.92. The highest BCUT2D eigenvalue weighted by Crippen LogP contribution is 2.25. The van der Waals surface area contributed by atoms with Crippen molar-refractivity contribution in [1.82, 2.24) is 19.5 Å². The Morgan fingerprint density at radius 2 is 2.03 bits per heavy atom. The van der Waals surface area contributed by atoms with E-state index in [4.69, 9.17) is 5.73 Å². The third kappa shape index (κ3) is 4.89. The summed E-state index contributed by atoms with van der Waals surface area (Å²) in [6, 6.07) is 5.75. The Bertz CT molecular complexity index is 996. The van der Waals surface area contributed by atoms with E-state index in [0.717, 1.165) is 33.4 Å². The zero-order valence-corrected chi connectivity index (χ0v) is 19.4. The lowest BCUT2D eigenvalue weighted by atomic mass is 9.97. The maximum absolute atomic E-state index is 10.4. The fourth-order valence-corrected chi connectivity index (χ4v) is 3.76. The number of rotatable bonds is 8. The van der Waals surface area contributed by atoms with Crippen molar-refractivity contribution in [1.29, 1.82) is 0 Å². The zero-order valence-electron chi connectivity index (χ0n) is 17.2. The van der Waals surface area contributed by atoms with Gasteiger partial charge in [0.2, 0.25) is 5.95 Å². The van der Waals surface area contributed by atoms with Gasteiger partial charge in [0.15, 0.2) is 17.0 Å². The van der Waals surface area contributed by atoms with E-state index in [9.17, 15) is 5.11 Å². The van der Waals surface area contributed by atoms with Crippen LogP contribution in [0.15, 0.2) is 24.5 Å². The maximum Gasteiger partial charge on any atom is 0.227 e. The lowest BCUT2D eigenvalue weighted by Gasteiger charge is -2.29. The van der Waals surface area contributed by atoms with Gasteiger partial charge in [0.05, 0.1) is 18.0 Å². The summed E-state index contributed by atoms with van der Waals surface area (Å²) in [4.78, 5) is 13.8. The smallest absolute Gasteiger partial charge is 0.227 e. The predicted molar refractivity (Wildman–Crippen MR) is 126 cm³/mol. The molecule has 1 aromatic carbocycles. The number of anilines is 3. The van der Waals surface area contributed by atoms with Gasteiger partial charge in [-0.3, -0.25) is 0 Å². The van der Waals surface area contributed by atoms with Crippen molar-refractivity contribution in [3.63, 3.8) is 0 Å². The van der Waals surface area contributed by atoms with Crippen LogP contribution < -0.4 is 16.4 Å². The topological polar surface area (TPSA) is 114 Å². The number of fused-ring (bicyclic) bond motifs is 1. The molecule has 0 aliphatic heterocycles. The largest absolute Gasteiger partial charge is 0.398 e. The van der Waals surface area contributed by atoms with Crippen LogP contribution in [0.3, 0.4) is 0 Å². The Balaban J connectivity index is 1.96. The first-order chi connectivity index (χ1) is 13.7. The second kappa shape index (κ2) is 8.70. The molecule has 0 spiro atoms. The number of halogens is 1. The minimum atomic E-state index is -0.902. The molecule has 2 aromatic heterocycles. The molecule has 0 saturated heterocycles. The van der Waals surface area contributed by atoms with Gasteiger partial charge in [0, 0.05) is 22.3 Å². The van der Waals surface area contributed by atoms with E-state index in [1.54, 1.807) is 20.2 Å². The first-order valence-electron chi connectivity index (χ1n) is 9.72. The molecule has 0 aliphatic rings. The van der Waals surface area contributed by atoms with Crippen molar-refractivity contribution in [3.8, 4) is 0 Å². The molecular weight excluding hydrogens is 481 g/mol. The summed E-state index contributed by atoms with van der Waals surface area (Å²) < 4.78 is 3.09. The molecule has 5 N–H and O–H groups in total. The van der Waals surface area contributed by atoms with Gasteiger partial charge in [-0.15, -0.1) is 0 Å². The number of nitrogens with zero attached hydrogens (tertiary/aromatic N) is 4. The first kappa shape index (κ1) is 21.6. The summed E-state index contributed by atoms with van der Waals surface area (Å²) in [5.41, 5.74) is 8.39. The molecule has 8 nitrogen and oxygen atoms in total. The number of hydrogen-bond acceptors (Lipinski definition) is 7. The second-order valence-corrected chi connectivity index (χ2v) is 8.80. The molecule has 9 heteroatoms. The summed E-state index contributed by atoms with van der Waals surface area (Å²) in [5, 5.41) is 17.1. The van der Waals surface area contributed by atoms with Gasteiger partial charge in [0.1, 0.15) is 0 Å². The molecule has 3 rings (SSSR count). The molecule has 156 valence electrons.